The molecule has 0 radical (unpaired) electrons. The Morgan fingerprint density at radius 2 is 2.00 bits per heavy atom. The maximum absolute atomic E-state index is 12.0. The van der Waals surface area contributed by atoms with Gasteiger partial charge in [0, 0.05) is 33.2 Å². The molecule has 5 nitrogen and oxygen atoms in total. The highest BCUT2D eigenvalue weighted by Gasteiger charge is 2.29. The van der Waals surface area contributed by atoms with Crippen LogP contribution in [0.15, 0.2) is 35.3 Å². The number of hydrogen-bond donors (Lipinski definition) is 1. The first kappa shape index (κ1) is 23.7. The Morgan fingerprint density at radius 1 is 1.33 bits per heavy atom. The summed E-state index contributed by atoms with van der Waals surface area (Å²) in [6.07, 6.45) is 2.13. The Hall–Kier alpha value is -1.31. The van der Waals surface area contributed by atoms with Gasteiger partial charge < -0.3 is 15.1 Å². The predicted octanol–water partition coefficient (Wildman–Crippen LogP) is 3.56. The minimum Gasteiger partial charge on any atom is -0.354 e. The van der Waals surface area contributed by atoms with Gasteiger partial charge in [0.05, 0.1) is 0 Å². The van der Waals surface area contributed by atoms with Crippen LogP contribution in [0.4, 0.5) is 0 Å². The van der Waals surface area contributed by atoms with Crippen molar-refractivity contribution in [2.45, 2.75) is 45.6 Å². The lowest BCUT2D eigenvalue weighted by molar-refractivity contribution is -0.127. The van der Waals surface area contributed by atoms with Crippen molar-refractivity contribution in [3.63, 3.8) is 0 Å². The topological polar surface area (TPSA) is 47.9 Å². The molecule has 1 aromatic rings. The zero-order chi connectivity index (χ0) is 19.1. The number of piperidine rings is 1. The normalized spacial score (nSPS) is 21.2. The molecule has 0 aromatic heterocycles. The maximum Gasteiger partial charge on any atom is 0.243 e. The van der Waals surface area contributed by atoms with Gasteiger partial charge in [0.2, 0.25) is 5.91 Å². The van der Waals surface area contributed by atoms with Gasteiger partial charge in [-0.15, -0.1) is 24.0 Å². The highest BCUT2D eigenvalue weighted by Crippen LogP contribution is 2.32. The summed E-state index contributed by atoms with van der Waals surface area (Å²) in [5, 5.41) is 3.51. The molecule has 1 amide bonds. The molecule has 27 heavy (non-hydrogen) atoms. The van der Waals surface area contributed by atoms with Crippen molar-refractivity contribution in [2.75, 3.05) is 33.7 Å². The second-order valence-corrected chi connectivity index (χ2v) is 7.61. The Bertz CT molecular complexity index is 605. The molecule has 1 aliphatic rings. The molecule has 152 valence electrons. The first-order chi connectivity index (χ1) is 12.4. The summed E-state index contributed by atoms with van der Waals surface area (Å²) in [5.41, 5.74) is 1.43. The van der Waals surface area contributed by atoms with Gasteiger partial charge in [0.25, 0.3) is 0 Å². The predicted molar refractivity (Wildman–Crippen MR) is 124 cm³/mol. The smallest absolute Gasteiger partial charge is 0.243 e. The molecule has 1 aliphatic heterocycles. The summed E-state index contributed by atoms with van der Waals surface area (Å²) in [7, 11) is 3.54. The summed E-state index contributed by atoms with van der Waals surface area (Å²) in [4.78, 5) is 20.5. The van der Waals surface area contributed by atoms with Gasteiger partial charge in [-0.2, -0.15) is 0 Å². The minimum absolute atomic E-state index is 0. The van der Waals surface area contributed by atoms with Crippen molar-refractivity contribution < 1.29 is 4.79 Å². The third-order valence-electron chi connectivity index (χ3n) is 5.28. The lowest BCUT2D eigenvalue weighted by atomic mass is 9.82. The Kier molecular flexibility index (Phi) is 10.1. The van der Waals surface area contributed by atoms with Crippen LogP contribution >= 0.6 is 24.0 Å². The monoisotopic (exact) mass is 486 g/mol. The van der Waals surface area contributed by atoms with E-state index in [0.717, 1.165) is 31.9 Å². The average molecular weight is 486 g/mol. The molecular formula is C21H35IN4O. The van der Waals surface area contributed by atoms with Crippen molar-refractivity contribution in [2.24, 2.45) is 10.9 Å². The van der Waals surface area contributed by atoms with E-state index in [1.165, 1.54) is 5.56 Å². The van der Waals surface area contributed by atoms with Crippen LogP contribution in [0.5, 0.6) is 0 Å². The van der Waals surface area contributed by atoms with Crippen molar-refractivity contribution in [1.82, 2.24) is 15.1 Å². The molecule has 0 bridgehead atoms. The van der Waals surface area contributed by atoms with E-state index in [1.54, 1.807) is 19.0 Å². The molecule has 6 heteroatoms. The number of guanidine groups is 1. The highest BCUT2D eigenvalue weighted by molar-refractivity contribution is 14.0. The molecular weight excluding hydrogens is 451 g/mol. The number of likely N-dealkylation sites (N-methyl/N-ethyl adjacent to an activating group) is 1. The molecule has 3 atom stereocenters. The van der Waals surface area contributed by atoms with Crippen LogP contribution in [0.3, 0.4) is 0 Å². The van der Waals surface area contributed by atoms with Crippen molar-refractivity contribution >= 4 is 35.8 Å². The number of carbonyl (C=O) groups excluding carboxylic acids is 1. The maximum atomic E-state index is 12.0. The van der Waals surface area contributed by atoms with Crippen LogP contribution in [-0.4, -0.2) is 61.4 Å². The van der Waals surface area contributed by atoms with Gasteiger partial charge in [-0.1, -0.05) is 44.2 Å². The summed E-state index contributed by atoms with van der Waals surface area (Å²) >= 11 is 0. The molecule has 3 unspecified atom stereocenters. The molecule has 1 saturated heterocycles. The van der Waals surface area contributed by atoms with Crippen molar-refractivity contribution in [3.05, 3.63) is 35.9 Å². The Morgan fingerprint density at radius 3 is 2.56 bits per heavy atom. The second kappa shape index (κ2) is 11.5. The molecule has 0 aliphatic carbocycles. The number of likely N-dealkylation sites (tertiary alicyclic amines) is 1. The van der Waals surface area contributed by atoms with Gasteiger partial charge in [0.1, 0.15) is 6.54 Å². The van der Waals surface area contributed by atoms with Gasteiger partial charge in [0.15, 0.2) is 5.96 Å². The second-order valence-electron chi connectivity index (χ2n) is 7.61. The summed E-state index contributed by atoms with van der Waals surface area (Å²) in [6.45, 7) is 8.74. The summed E-state index contributed by atoms with van der Waals surface area (Å²) in [5.74, 6) is 2.02. The van der Waals surface area contributed by atoms with Crippen molar-refractivity contribution in [1.29, 1.82) is 0 Å². The number of aliphatic imine (C=N–C) groups is 1. The van der Waals surface area contributed by atoms with E-state index in [2.05, 4.69) is 66.3 Å². The zero-order valence-corrected chi connectivity index (χ0v) is 19.6. The number of nitrogens with one attached hydrogen (secondary N) is 1. The summed E-state index contributed by atoms with van der Waals surface area (Å²) < 4.78 is 0. The first-order valence-electron chi connectivity index (χ1n) is 9.73. The zero-order valence-electron chi connectivity index (χ0n) is 17.3. The van der Waals surface area contributed by atoms with Gasteiger partial charge in [-0.05, 0) is 37.2 Å². The average Bonchev–Trinajstić information content (AvgIpc) is 2.65. The van der Waals surface area contributed by atoms with Crippen LogP contribution in [-0.2, 0) is 4.79 Å². The number of carbonyl (C=O) groups is 1. The van der Waals surface area contributed by atoms with E-state index in [4.69, 9.17) is 0 Å². The molecule has 1 heterocycles. The fourth-order valence-corrected chi connectivity index (χ4v) is 3.38. The largest absolute Gasteiger partial charge is 0.354 e. The van der Waals surface area contributed by atoms with Crippen LogP contribution in [0, 0.1) is 5.92 Å². The van der Waals surface area contributed by atoms with Crippen LogP contribution in [0.1, 0.15) is 45.1 Å². The van der Waals surface area contributed by atoms with Crippen LogP contribution < -0.4 is 5.32 Å². The standard InChI is InChI=1S/C21H34N4O.HI/c1-6-17(3)23-21(22-14-20(26)24(4)5)25-13-12-19(16(2)15-25)18-10-8-7-9-11-18;/h7-11,16-17,19H,6,12-15H2,1-5H3,(H,22,23);1H. The lowest BCUT2D eigenvalue weighted by Gasteiger charge is -2.39. The van der Waals surface area contributed by atoms with Gasteiger partial charge in [-0.25, -0.2) is 4.99 Å². The number of hydrogen-bond acceptors (Lipinski definition) is 2. The lowest BCUT2D eigenvalue weighted by Crippen LogP contribution is -2.50. The van der Waals surface area contributed by atoms with Gasteiger partial charge in [-0.3, -0.25) is 4.79 Å². The van der Waals surface area contributed by atoms with Crippen molar-refractivity contribution in [3.8, 4) is 0 Å². The van der Waals surface area contributed by atoms with E-state index in [-0.39, 0.29) is 36.4 Å². The number of amides is 1. The molecule has 2 rings (SSSR count). The Balaban J connectivity index is 0.00000364. The molecule has 1 fully saturated rings. The SMILES string of the molecule is CCC(C)NC(=NCC(=O)N(C)C)N1CCC(c2ccccc2)C(C)C1.I. The minimum atomic E-state index is 0. The van der Waals surface area contributed by atoms with Crippen LogP contribution in [0.2, 0.25) is 0 Å². The van der Waals surface area contributed by atoms with E-state index in [0.29, 0.717) is 17.9 Å². The van der Waals surface area contributed by atoms with E-state index >= 15 is 0 Å². The van der Waals surface area contributed by atoms with Crippen LogP contribution in [0.25, 0.3) is 0 Å². The van der Waals surface area contributed by atoms with E-state index < -0.39 is 0 Å². The molecule has 0 spiro atoms. The molecule has 1 N–H and O–H groups in total. The third-order valence-corrected chi connectivity index (χ3v) is 5.28. The van der Waals surface area contributed by atoms with E-state index in [9.17, 15) is 4.79 Å². The summed E-state index contributed by atoms with van der Waals surface area (Å²) in [6, 6.07) is 11.1. The fourth-order valence-electron chi connectivity index (χ4n) is 3.38. The first-order valence-corrected chi connectivity index (χ1v) is 9.73. The number of halogens is 1. The van der Waals surface area contributed by atoms with E-state index in [1.807, 2.05) is 0 Å². The Labute approximate surface area is 181 Å². The number of benzene rings is 1. The highest BCUT2D eigenvalue weighted by atomic mass is 127. The quantitative estimate of drug-likeness (QED) is 0.394. The molecule has 1 aromatic carbocycles. The third kappa shape index (κ3) is 6.97. The fraction of sp³-hybridized carbons (Fsp3) is 0.619. The number of nitrogens with zero attached hydrogens (tertiary/aromatic N) is 3. The number of rotatable bonds is 5. The van der Waals surface area contributed by atoms with Gasteiger partial charge >= 0.3 is 0 Å². The molecule has 0 saturated carbocycles.